The Morgan fingerprint density at radius 2 is 1.75 bits per heavy atom. The molecule has 152 valence electrons. The molecule has 2 rings (SSSR count). The van der Waals surface area contributed by atoms with Gasteiger partial charge >= 0.3 is 0 Å². The van der Waals surface area contributed by atoms with Gasteiger partial charge in [-0.3, -0.25) is 9.10 Å². The van der Waals surface area contributed by atoms with E-state index in [1.165, 1.54) is 10.6 Å². The summed E-state index contributed by atoms with van der Waals surface area (Å²) >= 11 is 7.49. The summed E-state index contributed by atoms with van der Waals surface area (Å²) in [6.07, 6.45) is 1.92. The first-order valence-corrected chi connectivity index (χ1v) is 12.2. The Bertz CT molecular complexity index is 869. The molecule has 0 radical (unpaired) electrons. The molecule has 8 heteroatoms. The highest BCUT2D eigenvalue weighted by Gasteiger charge is 2.17. The molecule has 0 unspecified atom stereocenters. The molecule has 0 aliphatic carbocycles. The molecule has 28 heavy (non-hydrogen) atoms. The van der Waals surface area contributed by atoms with Crippen molar-refractivity contribution < 1.29 is 13.2 Å². The fourth-order valence-electron chi connectivity index (χ4n) is 2.56. The molecule has 0 saturated carbocycles. The number of benzene rings is 2. The molecule has 1 N–H and O–H groups in total. The van der Waals surface area contributed by atoms with Crippen LogP contribution in [0.4, 0.5) is 5.69 Å². The summed E-state index contributed by atoms with van der Waals surface area (Å²) in [5.74, 6) is 0.681. The van der Waals surface area contributed by atoms with Crippen molar-refractivity contribution in [3.05, 3.63) is 59.1 Å². The highest BCUT2D eigenvalue weighted by atomic mass is 35.5. The summed E-state index contributed by atoms with van der Waals surface area (Å²) in [6, 6.07) is 14.9. The number of nitrogens with one attached hydrogen (secondary N) is 1. The maximum atomic E-state index is 12.1. The van der Waals surface area contributed by atoms with Gasteiger partial charge in [-0.1, -0.05) is 29.3 Å². The molecule has 0 spiro atoms. The number of aryl methyl sites for hydroxylation is 1. The zero-order chi connectivity index (χ0) is 20.6. The quantitative estimate of drug-likeness (QED) is 0.446. The minimum Gasteiger partial charge on any atom is -0.355 e. The van der Waals surface area contributed by atoms with Crippen LogP contribution in [0, 0.1) is 6.92 Å². The first-order chi connectivity index (χ1) is 13.3. The SMILES string of the molecule is Cc1ccc(N(CCCC(=O)NCCSc2ccc(Cl)cc2)S(C)(=O)=O)cc1. The van der Waals surface area contributed by atoms with Crippen LogP contribution in [0.25, 0.3) is 0 Å². The van der Waals surface area contributed by atoms with Gasteiger partial charge in [-0.05, 0) is 49.7 Å². The molecule has 0 bridgehead atoms. The van der Waals surface area contributed by atoms with Gasteiger partial charge < -0.3 is 5.32 Å². The second-order valence-electron chi connectivity index (χ2n) is 6.43. The van der Waals surface area contributed by atoms with Crippen LogP contribution in [0.2, 0.25) is 5.02 Å². The summed E-state index contributed by atoms with van der Waals surface area (Å²) in [5, 5.41) is 3.57. The van der Waals surface area contributed by atoms with E-state index in [0.29, 0.717) is 23.7 Å². The van der Waals surface area contributed by atoms with Crippen LogP contribution in [0.15, 0.2) is 53.4 Å². The lowest BCUT2D eigenvalue weighted by Crippen LogP contribution is -2.32. The van der Waals surface area contributed by atoms with E-state index in [-0.39, 0.29) is 18.9 Å². The number of hydrogen-bond donors (Lipinski definition) is 1. The Hall–Kier alpha value is -1.70. The van der Waals surface area contributed by atoms with E-state index in [2.05, 4.69) is 5.32 Å². The number of carbonyl (C=O) groups excluding carboxylic acids is 1. The predicted molar refractivity (Wildman–Crippen MR) is 118 cm³/mol. The third-order valence-corrected chi connectivity index (χ3v) is 6.45. The van der Waals surface area contributed by atoms with Crippen molar-refractivity contribution in [2.24, 2.45) is 0 Å². The normalized spacial score (nSPS) is 11.2. The third kappa shape index (κ3) is 7.73. The fourth-order valence-corrected chi connectivity index (χ4v) is 4.42. The highest BCUT2D eigenvalue weighted by molar-refractivity contribution is 7.99. The van der Waals surface area contributed by atoms with Gasteiger partial charge in [0.15, 0.2) is 0 Å². The summed E-state index contributed by atoms with van der Waals surface area (Å²) in [4.78, 5) is 13.1. The van der Waals surface area contributed by atoms with Gasteiger partial charge in [-0.2, -0.15) is 0 Å². The van der Waals surface area contributed by atoms with Gasteiger partial charge in [0.05, 0.1) is 11.9 Å². The van der Waals surface area contributed by atoms with Crippen LogP contribution in [0.3, 0.4) is 0 Å². The van der Waals surface area contributed by atoms with E-state index in [9.17, 15) is 13.2 Å². The van der Waals surface area contributed by atoms with Crippen molar-refractivity contribution in [2.45, 2.75) is 24.7 Å². The van der Waals surface area contributed by atoms with Crippen molar-refractivity contribution in [2.75, 3.05) is 29.4 Å². The number of halogens is 1. The molecule has 0 aliphatic heterocycles. The Kier molecular flexibility index (Phi) is 8.66. The van der Waals surface area contributed by atoms with Crippen LogP contribution in [0.5, 0.6) is 0 Å². The second kappa shape index (κ2) is 10.7. The zero-order valence-electron chi connectivity index (χ0n) is 16.0. The maximum Gasteiger partial charge on any atom is 0.232 e. The summed E-state index contributed by atoms with van der Waals surface area (Å²) in [5.41, 5.74) is 1.68. The Morgan fingerprint density at radius 3 is 2.36 bits per heavy atom. The first-order valence-electron chi connectivity index (χ1n) is 8.95. The largest absolute Gasteiger partial charge is 0.355 e. The fraction of sp³-hybridized carbons (Fsp3) is 0.350. The van der Waals surface area contributed by atoms with Gasteiger partial charge in [-0.25, -0.2) is 8.42 Å². The standard InChI is InChI=1S/C20H25ClN2O3S2/c1-16-5-9-18(10-6-16)23(28(2,25)26)14-3-4-20(24)22-13-15-27-19-11-7-17(21)8-12-19/h5-12H,3-4,13-15H2,1-2H3,(H,22,24). The van der Waals surface area contributed by atoms with E-state index >= 15 is 0 Å². The number of rotatable bonds is 10. The Labute approximate surface area is 176 Å². The number of amides is 1. The van der Waals surface area contributed by atoms with Crippen molar-refractivity contribution in [1.29, 1.82) is 0 Å². The van der Waals surface area contributed by atoms with Gasteiger partial charge in [0, 0.05) is 35.2 Å². The lowest BCUT2D eigenvalue weighted by molar-refractivity contribution is -0.121. The molecule has 0 atom stereocenters. The van der Waals surface area contributed by atoms with Crippen LogP contribution in [-0.2, 0) is 14.8 Å². The maximum absolute atomic E-state index is 12.1. The number of anilines is 1. The molecule has 5 nitrogen and oxygen atoms in total. The molecule has 1 amide bonds. The minimum atomic E-state index is -3.39. The Balaban J connectivity index is 1.73. The monoisotopic (exact) mass is 440 g/mol. The van der Waals surface area contributed by atoms with Crippen molar-refractivity contribution in [1.82, 2.24) is 5.32 Å². The molecule has 0 fully saturated rings. The van der Waals surface area contributed by atoms with Crippen LogP contribution in [-0.4, -0.2) is 39.4 Å². The van der Waals surface area contributed by atoms with Crippen molar-refractivity contribution in [3.8, 4) is 0 Å². The van der Waals surface area contributed by atoms with E-state index in [4.69, 9.17) is 11.6 Å². The molecular weight excluding hydrogens is 416 g/mol. The number of carbonyl (C=O) groups is 1. The lowest BCUT2D eigenvalue weighted by Gasteiger charge is -2.22. The predicted octanol–water partition coefficient (Wildman–Crippen LogP) is 4.10. The van der Waals surface area contributed by atoms with Crippen LogP contribution >= 0.6 is 23.4 Å². The summed E-state index contributed by atoms with van der Waals surface area (Å²) in [6.45, 7) is 2.78. The van der Waals surface area contributed by atoms with Gasteiger partial charge in [0.2, 0.25) is 15.9 Å². The first kappa shape index (κ1) is 22.6. The molecule has 2 aromatic carbocycles. The van der Waals surface area contributed by atoms with Gasteiger partial charge in [0.1, 0.15) is 0 Å². The molecule has 0 aliphatic rings. The zero-order valence-corrected chi connectivity index (χ0v) is 18.4. The second-order valence-corrected chi connectivity index (χ2v) is 9.94. The number of sulfonamides is 1. The number of nitrogens with zero attached hydrogens (tertiary/aromatic N) is 1. The van der Waals surface area contributed by atoms with Crippen LogP contribution < -0.4 is 9.62 Å². The van der Waals surface area contributed by atoms with E-state index in [1.54, 1.807) is 23.9 Å². The molecule has 0 aromatic heterocycles. The third-order valence-electron chi connectivity index (χ3n) is 3.99. The van der Waals surface area contributed by atoms with E-state index in [0.717, 1.165) is 16.2 Å². The highest BCUT2D eigenvalue weighted by Crippen LogP contribution is 2.20. The van der Waals surface area contributed by atoms with E-state index < -0.39 is 10.0 Å². The van der Waals surface area contributed by atoms with Gasteiger partial charge in [0.25, 0.3) is 0 Å². The number of hydrogen-bond acceptors (Lipinski definition) is 4. The minimum absolute atomic E-state index is 0.0749. The lowest BCUT2D eigenvalue weighted by atomic mass is 10.2. The average molecular weight is 441 g/mol. The summed E-state index contributed by atoms with van der Waals surface area (Å²) in [7, 11) is -3.39. The molecule has 2 aromatic rings. The van der Waals surface area contributed by atoms with Crippen molar-refractivity contribution >= 4 is 45.0 Å². The molecule has 0 heterocycles. The van der Waals surface area contributed by atoms with Crippen molar-refractivity contribution in [3.63, 3.8) is 0 Å². The average Bonchev–Trinajstić information content (AvgIpc) is 2.64. The van der Waals surface area contributed by atoms with Crippen LogP contribution in [0.1, 0.15) is 18.4 Å². The Morgan fingerprint density at radius 1 is 1.11 bits per heavy atom. The smallest absolute Gasteiger partial charge is 0.232 e. The molecular formula is C20H25ClN2O3S2. The topological polar surface area (TPSA) is 66.5 Å². The van der Waals surface area contributed by atoms with E-state index in [1.807, 2.05) is 43.3 Å². The van der Waals surface area contributed by atoms with Gasteiger partial charge in [-0.15, -0.1) is 11.8 Å². The number of thioether (sulfide) groups is 1. The summed E-state index contributed by atoms with van der Waals surface area (Å²) < 4.78 is 25.5. The molecule has 0 saturated heterocycles.